The maximum Gasteiger partial charge on any atom is 0.407 e. The molecular weight excluding hydrogens is 264 g/mol. The van der Waals surface area contributed by atoms with Crippen LogP contribution in [0.3, 0.4) is 0 Å². The molecule has 1 heterocycles. The van der Waals surface area contributed by atoms with Crippen LogP contribution in [0.25, 0.3) is 0 Å². The fourth-order valence-electron chi connectivity index (χ4n) is 2.48. The second-order valence-corrected chi connectivity index (χ2v) is 7.73. The number of hydrogen-bond donors (Lipinski definition) is 0. The number of benzene rings is 2. The molecule has 0 aliphatic carbocycles. The molecule has 3 rings (SSSR count). The van der Waals surface area contributed by atoms with Gasteiger partial charge in [-0.05, 0) is 16.8 Å². The summed E-state index contributed by atoms with van der Waals surface area (Å²) < 4.78 is 12.6. The van der Waals surface area contributed by atoms with Crippen molar-refractivity contribution in [3.8, 4) is 0 Å². The van der Waals surface area contributed by atoms with Crippen LogP contribution in [0.15, 0.2) is 72.8 Å². The topological polar surface area (TPSA) is 18.5 Å². The van der Waals surface area contributed by atoms with Crippen LogP contribution < -0.4 is 10.4 Å². The van der Waals surface area contributed by atoms with Gasteiger partial charge in [-0.2, -0.15) is 0 Å². The highest BCUT2D eigenvalue weighted by atomic mass is 28.4. The molecule has 0 radical (unpaired) electrons. The summed E-state index contributed by atoms with van der Waals surface area (Å²) in [6.07, 6.45) is 5.15. The molecule has 2 nitrogen and oxygen atoms in total. The largest absolute Gasteiger partial charge is 0.407 e. The van der Waals surface area contributed by atoms with Crippen LogP contribution in [-0.2, 0) is 8.85 Å². The summed E-state index contributed by atoms with van der Waals surface area (Å²) in [6.45, 7) is 1.31. The van der Waals surface area contributed by atoms with Crippen LogP contribution in [0.1, 0.15) is 6.42 Å². The van der Waals surface area contributed by atoms with Crippen molar-refractivity contribution in [3.63, 3.8) is 0 Å². The molecule has 0 aromatic heterocycles. The summed E-state index contributed by atoms with van der Waals surface area (Å²) in [5, 5.41) is 2.34. The zero-order chi connectivity index (χ0) is 13.7. The predicted octanol–water partition coefficient (Wildman–Crippen LogP) is 2.24. The van der Waals surface area contributed by atoms with Crippen molar-refractivity contribution < 1.29 is 8.85 Å². The minimum Gasteiger partial charge on any atom is -0.387 e. The van der Waals surface area contributed by atoms with E-state index in [2.05, 4.69) is 36.4 Å². The number of hydrogen-bond acceptors (Lipinski definition) is 2. The van der Waals surface area contributed by atoms with E-state index in [0.29, 0.717) is 13.2 Å². The standard InChI is InChI=1S/C17H18O2Si/c1-4-10-16(11-5-1)20(17-12-6-2-7-13-17)18-14-8-3-9-15-19-20/h1-8,10-13H,9,14-15H2/b8-3+. The molecule has 1 aliphatic rings. The summed E-state index contributed by atoms with van der Waals surface area (Å²) in [6, 6.07) is 20.7. The molecule has 0 bridgehead atoms. The van der Waals surface area contributed by atoms with Gasteiger partial charge in [-0.25, -0.2) is 0 Å². The predicted molar refractivity (Wildman–Crippen MR) is 83.6 cm³/mol. The van der Waals surface area contributed by atoms with Crippen molar-refractivity contribution in [3.05, 3.63) is 72.8 Å². The van der Waals surface area contributed by atoms with E-state index in [1.54, 1.807) is 0 Å². The normalized spacial score (nSPS) is 19.8. The molecule has 102 valence electrons. The molecule has 0 amide bonds. The molecule has 2 aromatic carbocycles. The van der Waals surface area contributed by atoms with Crippen LogP contribution in [0.4, 0.5) is 0 Å². The summed E-state index contributed by atoms with van der Waals surface area (Å²) in [4.78, 5) is 0. The first-order chi connectivity index (χ1) is 9.92. The Morgan fingerprint density at radius 2 is 1.30 bits per heavy atom. The Kier molecular flexibility index (Phi) is 4.11. The minimum absolute atomic E-state index is 0.607. The Bertz CT molecular complexity index is 527. The summed E-state index contributed by atoms with van der Waals surface area (Å²) in [5.74, 6) is 0. The quantitative estimate of drug-likeness (QED) is 0.621. The zero-order valence-electron chi connectivity index (χ0n) is 11.4. The van der Waals surface area contributed by atoms with Gasteiger partial charge in [0.1, 0.15) is 0 Å². The molecule has 0 spiro atoms. The van der Waals surface area contributed by atoms with Crippen molar-refractivity contribution in [2.24, 2.45) is 0 Å². The highest BCUT2D eigenvalue weighted by molar-refractivity contribution is 6.92. The van der Waals surface area contributed by atoms with E-state index in [4.69, 9.17) is 8.85 Å². The molecule has 1 aliphatic heterocycles. The van der Waals surface area contributed by atoms with Crippen LogP contribution in [0.2, 0.25) is 0 Å². The van der Waals surface area contributed by atoms with E-state index in [1.165, 1.54) is 10.4 Å². The molecule has 20 heavy (non-hydrogen) atoms. The van der Waals surface area contributed by atoms with E-state index in [1.807, 2.05) is 36.4 Å². The lowest BCUT2D eigenvalue weighted by Crippen LogP contribution is -2.63. The molecular formula is C17H18O2Si. The third kappa shape index (κ3) is 2.61. The van der Waals surface area contributed by atoms with Crippen molar-refractivity contribution >= 4 is 18.9 Å². The van der Waals surface area contributed by atoms with Gasteiger partial charge in [0.2, 0.25) is 0 Å². The highest BCUT2D eigenvalue weighted by Gasteiger charge is 2.42. The molecule has 3 heteroatoms. The van der Waals surface area contributed by atoms with Gasteiger partial charge >= 0.3 is 8.56 Å². The monoisotopic (exact) mass is 282 g/mol. The van der Waals surface area contributed by atoms with Crippen LogP contribution in [0, 0.1) is 0 Å². The van der Waals surface area contributed by atoms with Crippen LogP contribution in [-0.4, -0.2) is 21.8 Å². The van der Waals surface area contributed by atoms with Crippen LogP contribution >= 0.6 is 0 Å². The smallest absolute Gasteiger partial charge is 0.387 e. The van der Waals surface area contributed by atoms with Gasteiger partial charge in [0, 0.05) is 6.61 Å². The second-order valence-electron chi connectivity index (χ2n) is 4.77. The summed E-state index contributed by atoms with van der Waals surface area (Å²) in [7, 11) is -2.57. The third-order valence-electron chi connectivity index (χ3n) is 3.45. The fourth-order valence-corrected chi connectivity index (χ4v) is 5.56. The third-order valence-corrected chi connectivity index (χ3v) is 6.82. The summed E-state index contributed by atoms with van der Waals surface area (Å²) in [5.41, 5.74) is 0. The van der Waals surface area contributed by atoms with Crippen molar-refractivity contribution in [2.45, 2.75) is 6.42 Å². The van der Waals surface area contributed by atoms with Crippen molar-refractivity contribution in [2.75, 3.05) is 13.2 Å². The highest BCUT2D eigenvalue weighted by Crippen LogP contribution is 2.12. The van der Waals surface area contributed by atoms with E-state index < -0.39 is 8.56 Å². The Morgan fingerprint density at radius 1 is 0.700 bits per heavy atom. The lowest BCUT2D eigenvalue weighted by atomic mass is 10.4. The maximum absolute atomic E-state index is 6.31. The van der Waals surface area contributed by atoms with Gasteiger partial charge in [0.05, 0.1) is 6.61 Å². The van der Waals surface area contributed by atoms with E-state index in [0.717, 1.165) is 6.42 Å². The summed E-state index contributed by atoms with van der Waals surface area (Å²) >= 11 is 0. The fraction of sp³-hybridized carbons (Fsp3) is 0.176. The SMILES string of the molecule is C1=C/CO[Si](c2ccccc2)(c2ccccc2)OCC/1. The average Bonchev–Trinajstić information content (AvgIpc) is 2.49. The molecule has 0 N–H and O–H groups in total. The molecule has 0 unspecified atom stereocenters. The van der Waals surface area contributed by atoms with Gasteiger partial charge < -0.3 is 8.85 Å². The van der Waals surface area contributed by atoms with E-state index in [9.17, 15) is 0 Å². The van der Waals surface area contributed by atoms with Gasteiger partial charge in [0.25, 0.3) is 0 Å². The molecule has 0 atom stereocenters. The van der Waals surface area contributed by atoms with Crippen molar-refractivity contribution in [1.29, 1.82) is 0 Å². The average molecular weight is 282 g/mol. The van der Waals surface area contributed by atoms with Gasteiger partial charge in [-0.15, -0.1) is 0 Å². The molecule has 0 saturated heterocycles. The zero-order valence-corrected chi connectivity index (χ0v) is 12.4. The van der Waals surface area contributed by atoms with Gasteiger partial charge in [-0.3, -0.25) is 0 Å². The second kappa shape index (κ2) is 6.18. The molecule has 0 fully saturated rings. The molecule has 2 aromatic rings. The Hall–Kier alpha value is -1.68. The number of rotatable bonds is 2. The Balaban J connectivity index is 2.09. The first-order valence-electron chi connectivity index (χ1n) is 6.96. The minimum atomic E-state index is -2.57. The van der Waals surface area contributed by atoms with E-state index in [-0.39, 0.29) is 0 Å². The van der Waals surface area contributed by atoms with Gasteiger partial charge in [0.15, 0.2) is 0 Å². The molecule has 0 saturated carbocycles. The maximum atomic E-state index is 6.31. The van der Waals surface area contributed by atoms with Crippen molar-refractivity contribution in [1.82, 2.24) is 0 Å². The van der Waals surface area contributed by atoms with Crippen LogP contribution in [0.5, 0.6) is 0 Å². The Morgan fingerprint density at radius 3 is 1.90 bits per heavy atom. The lowest BCUT2D eigenvalue weighted by molar-refractivity contribution is 0.205. The first kappa shape index (κ1) is 13.3. The lowest BCUT2D eigenvalue weighted by Gasteiger charge is -2.32. The van der Waals surface area contributed by atoms with Gasteiger partial charge in [-0.1, -0.05) is 72.8 Å². The first-order valence-corrected chi connectivity index (χ1v) is 8.77. The van der Waals surface area contributed by atoms with E-state index >= 15 is 0 Å². The Labute approximate surface area is 120 Å².